The summed E-state index contributed by atoms with van der Waals surface area (Å²) in [4.78, 5) is 27.0. The molecule has 33 heavy (non-hydrogen) atoms. The number of nitrogens with one attached hydrogen (secondary N) is 1. The van der Waals surface area contributed by atoms with Crippen LogP contribution < -0.4 is 10.1 Å². The second-order valence-electron chi connectivity index (χ2n) is 8.09. The van der Waals surface area contributed by atoms with Gasteiger partial charge in [0.05, 0.1) is 13.7 Å². The summed E-state index contributed by atoms with van der Waals surface area (Å²) in [6.45, 7) is 4.22. The average molecular weight is 484 g/mol. The molecule has 1 fully saturated rings. The van der Waals surface area contributed by atoms with Gasteiger partial charge in [0.25, 0.3) is 0 Å². The zero-order chi connectivity index (χ0) is 23.5. The third-order valence-corrected chi connectivity index (χ3v) is 7.04. The molecule has 0 unspecified atom stereocenters. The maximum atomic E-state index is 13.1. The molecule has 0 spiro atoms. The second kappa shape index (κ2) is 9.98. The lowest BCUT2D eigenvalue weighted by Crippen LogP contribution is -2.17. The first-order chi connectivity index (χ1) is 15.9. The van der Waals surface area contributed by atoms with E-state index in [2.05, 4.69) is 5.32 Å². The minimum Gasteiger partial charge on any atom is -0.497 e. The molecule has 1 aliphatic carbocycles. The molecule has 0 radical (unpaired) electrons. The van der Waals surface area contributed by atoms with Gasteiger partial charge in [-0.3, -0.25) is 4.79 Å². The van der Waals surface area contributed by atoms with Crippen molar-refractivity contribution in [2.45, 2.75) is 32.6 Å². The standard InChI is InChI=1S/C26H26ClNO4S/c1-4-13-32-26(30)23-22(17-7-11-19(31-3)12-8-17)15(2)33-25(23)28-24(29)21-14-20(21)16-5-9-18(27)10-6-16/h5-12,20-21H,4,13-14H2,1-3H3,(H,28,29)/t20-,21+/m0/s1. The number of carbonyl (C=O) groups is 2. The SMILES string of the molecule is CCCOC(=O)c1c(NC(=O)[C@@H]2C[C@H]2c2ccc(Cl)cc2)sc(C)c1-c1ccc(OC)cc1. The van der Waals surface area contributed by atoms with Crippen molar-refractivity contribution in [1.82, 2.24) is 0 Å². The summed E-state index contributed by atoms with van der Waals surface area (Å²) in [6.07, 6.45) is 1.50. The molecule has 2 atom stereocenters. The number of esters is 1. The Morgan fingerprint density at radius 1 is 1.12 bits per heavy atom. The molecule has 1 saturated carbocycles. The summed E-state index contributed by atoms with van der Waals surface area (Å²) >= 11 is 7.38. The summed E-state index contributed by atoms with van der Waals surface area (Å²) in [6, 6.07) is 15.1. The molecule has 1 N–H and O–H groups in total. The normalized spacial score (nSPS) is 16.8. The number of ether oxygens (including phenoxy) is 2. The molecule has 7 heteroatoms. The fourth-order valence-corrected chi connectivity index (χ4v) is 5.16. The molecule has 3 aromatic rings. The van der Waals surface area contributed by atoms with Crippen LogP contribution in [0.5, 0.6) is 5.75 Å². The van der Waals surface area contributed by atoms with Crippen molar-refractivity contribution in [2.75, 3.05) is 19.0 Å². The largest absolute Gasteiger partial charge is 0.497 e. The first-order valence-corrected chi connectivity index (χ1v) is 12.1. The Bertz CT molecular complexity index is 1150. The van der Waals surface area contributed by atoms with E-state index in [0.717, 1.165) is 40.2 Å². The number of hydrogen-bond acceptors (Lipinski definition) is 5. The Morgan fingerprint density at radius 3 is 2.45 bits per heavy atom. The molecule has 0 aliphatic heterocycles. The minimum atomic E-state index is -0.424. The molecule has 2 aromatic carbocycles. The summed E-state index contributed by atoms with van der Waals surface area (Å²) in [7, 11) is 1.61. The van der Waals surface area contributed by atoms with Crippen LogP contribution in [0, 0.1) is 12.8 Å². The van der Waals surface area contributed by atoms with Crippen LogP contribution >= 0.6 is 22.9 Å². The highest BCUT2D eigenvalue weighted by atomic mass is 35.5. The van der Waals surface area contributed by atoms with E-state index in [1.807, 2.05) is 62.4 Å². The van der Waals surface area contributed by atoms with Crippen molar-refractivity contribution in [3.63, 3.8) is 0 Å². The van der Waals surface area contributed by atoms with Gasteiger partial charge in [0.1, 0.15) is 16.3 Å². The highest BCUT2D eigenvalue weighted by Crippen LogP contribution is 2.49. The first-order valence-electron chi connectivity index (χ1n) is 10.9. The summed E-state index contributed by atoms with van der Waals surface area (Å²) < 4.78 is 10.7. The number of anilines is 1. The number of hydrogen-bond donors (Lipinski definition) is 1. The number of rotatable bonds is 8. The van der Waals surface area contributed by atoms with Crippen LogP contribution in [0.4, 0.5) is 5.00 Å². The molecule has 4 rings (SSSR count). The van der Waals surface area contributed by atoms with Crippen molar-refractivity contribution >= 4 is 39.8 Å². The predicted molar refractivity (Wildman–Crippen MR) is 133 cm³/mol. The molecular formula is C26H26ClNO4S. The van der Waals surface area contributed by atoms with E-state index in [-0.39, 0.29) is 17.7 Å². The lowest BCUT2D eigenvalue weighted by molar-refractivity contribution is -0.117. The zero-order valence-electron chi connectivity index (χ0n) is 18.8. The molecular weight excluding hydrogens is 458 g/mol. The van der Waals surface area contributed by atoms with E-state index in [9.17, 15) is 9.59 Å². The quantitative estimate of drug-likeness (QED) is 0.362. The Morgan fingerprint density at radius 2 is 1.82 bits per heavy atom. The maximum Gasteiger partial charge on any atom is 0.341 e. The number of carbonyl (C=O) groups excluding carboxylic acids is 2. The van der Waals surface area contributed by atoms with Crippen molar-refractivity contribution < 1.29 is 19.1 Å². The highest BCUT2D eigenvalue weighted by Gasteiger charge is 2.44. The topological polar surface area (TPSA) is 64.6 Å². The average Bonchev–Trinajstić information content (AvgIpc) is 3.55. The zero-order valence-corrected chi connectivity index (χ0v) is 20.4. The third kappa shape index (κ3) is 5.07. The van der Waals surface area contributed by atoms with Crippen molar-refractivity contribution in [3.8, 4) is 16.9 Å². The van der Waals surface area contributed by atoms with Crippen LogP contribution in [0.25, 0.3) is 11.1 Å². The van der Waals surface area contributed by atoms with Crippen molar-refractivity contribution in [2.24, 2.45) is 5.92 Å². The number of methoxy groups -OCH3 is 1. The van der Waals surface area contributed by atoms with Gasteiger partial charge < -0.3 is 14.8 Å². The monoisotopic (exact) mass is 483 g/mol. The molecule has 5 nitrogen and oxygen atoms in total. The van der Waals surface area contributed by atoms with Crippen LogP contribution in [0.3, 0.4) is 0 Å². The summed E-state index contributed by atoms with van der Waals surface area (Å²) in [5, 5.41) is 4.23. The predicted octanol–water partition coefficient (Wildman–Crippen LogP) is 6.69. The number of halogens is 1. The van der Waals surface area contributed by atoms with Crippen LogP contribution in [0.15, 0.2) is 48.5 Å². The molecule has 0 saturated heterocycles. The lowest BCUT2D eigenvalue weighted by Gasteiger charge is -2.10. The van der Waals surface area contributed by atoms with Gasteiger partial charge in [-0.1, -0.05) is 42.8 Å². The van der Waals surface area contributed by atoms with Gasteiger partial charge in [-0.25, -0.2) is 4.79 Å². The summed E-state index contributed by atoms with van der Waals surface area (Å²) in [5.74, 6) is 0.268. The number of amides is 1. The molecule has 1 aromatic heterocycles. The van der Waals surface area contributed by atoms with E-state index < -0.39 is 5.97 Å². The van der Waals surface area contributed by atoms with Gasteiger partial charge in [0.2, 0.25) is 5.91 Å². The van der Waals surface area contributed by atoms with Crippen molar-refractivity contribution in [1.29, 1.82) is 0 Å². The molecule has 1 heterocycles. The first kappa shape index (κ1) is 23.3. The molecule has 172 valence electrons. The second-order valence-corrected chi connectivity index (χ2v) is 9.75. The van der Waals surface area contributed by atoms with E-state index in [0.29, 0.717) is 22.2 Å². The van der Waals surface area contributed by atoms with Gasteiger partial charge in [-0.15, -0.1) is 11.3 Å². The van der Waals surface area contributed by atoms with Crippen LogP contribution in [-0.4, -0.2) is 25.6 Å². The molecule has 1 amide bonds. The Balaban J connectivity index is 1.61. The summed E-state index contributed by atoms with van der Waals surface area (Å²) in [5.41, 5.74) is 3.17. The van der Waals surface area contributed by atoms with Crippen LogP contribution in [0.2, 0.25) is 5.02 Å². The lowest BCUT2D eigenvalue weighted by atomic mass is 10.0. The third-order valence-electron chi connectivity index (χ3n) is 5.77. The van der Waals surface area contributed by atoms with E-state index in [4.69, 9.17) is 21.1 Å². The highest BCUT2D eigenvalue weighted by molar-refractivity contribution is 7.17. The van der Waals surface area contributed by atoms with Gasteiger partial charge in [0, 0.05) is 21.4 Å². The number of aryl methyl sites for hydroxylation is 1. The fraction of sp³-hybridized carbons (Fsp3) is 0.308. The molecule has 1 aliphatic rings. The van der Waals surface area contributed by atoms with Gasteiger partial charge >= 0.3 is 5.97 Å². The van der Waals surface area contributed by atoms with Gasteiger partial charge in [0.15, 0.2) is 0 Å². The van der Waals surface area contributed by atoms with Crippen LogP contribution in [0.1, 0.15) is 46.5 Å². The van der Waals surface area contributed by atoms with Gasteiger partial charge in [-0.05, 0) is 61.1 Å². The minimum absolute atomic E-state index is 0.0815. The number of thiophene rings is 1. The Kier molecular flexibility index (Phi) is 7.05. The molecule has 0 bridgehead atoms. The van der Waals surface area contributed by atoms with Crippen molar-refractivity contribution in [3.05, 3.63) is 69.6 Å². The van der Waals surface area contributed by atoms with Crippen LogP contribution in [-0.2, 0) is 9.53 Å². The Hall–Kier alpha value is -2.83. The van der Waals surface area contributed by atoms with Gasteiger partial charge in [-0.2, -0.15) is 0 Å². The fourth-order valence-electron chi connectivity index (χ4n) is 3.97. The maximum absolute atomic E-state index is 13.1. The van der Waals surface area contributed by atoms with E-state index >= 15 is 0 Å². The smallest absolute Gasteiger partial charge is 0.341 e. The number of benzene rings is 2. The van der Waals surface area contributed by atoms with E-state index in [1.165, 1.54) is 11.3 Å². The van der Waals surface area contributed by atoms with E-state index in [1.54, 1.807) is 7.11 Å². The Labute approximate surface area is 202 Å².